The van der Waals surface area contributed by atoms with Crippen LogP contribution in [0.1, 0.15) is 58.8 Å². The fourth-order valence-electron chi connectivity index (χ4n) is 6.81. The summed E-state index contributed by atoms with van der Waals surface area (Å²) in [6.07, 6.45) is 5.18. The third-order valence-corrected chi connectivity index (χ3v) is 9.78. The topological polar surface area (TPSA) is 70.1 Å². The van der Waals surface area contributed by atoms with E-state index in [9.17, 15) is 14.7 Å². The Bertz CT molecular complexity index is 693. The summed E-state index contributed by atoms with van der Waals surface area (Å²) in [4.78, 5) is 30.6. The molecule has 1 aliphatic heterocycles. The van der Waals surface area contributed by atoms with E-state index in [0.717, 1.165) is 70.6 Å². The van der Waals surface area contributed by atoms with Gasteiger partial charge in [-0.15, -0.1) is 11.8 Å². The van der Waals surface area contributed by atoms with Crippen LogP contribution in [0.3, 0.4) is 0 Å². The second-order valence-electron chi connectivity index (χ2n) is 11.5. The summed E-state index contributed by atoms with van der Waals surface area (Å²) >= 11 is 1.65. The van der Waals surface area contributed by atoms with Gasteiger partial charge in [-0.25, -0.2) is 0 Å². The summed E-state index contributed by atoms with van der Waals surface area (Å²) in [6.45, 7) is 9.60. The van der Waals surface area contributed by atoms with Gasteiger partial charge in [0.05, 0.1) is 11.9 Å². The Morgan fingerprint density at radius 3 is 2.69 bits per heavy atom. The first-order chi connectivity index (χ1) is 15.2. The highest BCUT2D eigenvalue weighted by Gasteiger charge is 2.58. The predicted molar refractivity (Wildman–Crippen MR) is 128 cm³/mol. The molecule has 0 aromatic carbocycles. The number of ketones is 1. The molecule has 0 radical (unpaired) electrons. The SMILES string of the molecule is CN1CCN(CCSCC(=O)O[C@@H]2CC(C)(C)[C@@H](O)CC34CCCC2C3C(=O)CC4)CC1. The van der Waals surface area contributed by atoms with Crippen molar-refractivity contribution in [2.75, 3.05) is 51.3 Å². The van der Waals surface area contributed by atoms with Crippen LogP contribution in [0.25, 0.3) is 0 Å². The van der Waals surface area contributed by atoms with Gasteiger partial charge in [0, 0.05) is 56.7 Å². The van der Waals surface area contributed by atoms with Crippen molar-refractivity contribution in [2.24, 2.45) is 22.7 Å². The van der Waals surface area contributed by atoms with E-state index >= 15 is 0 Å². The molecule has 4 rings (SSSR count). The third kappa shape index (κ3) is 5.21. The van der Waals surface area contributed by atoms with E-state index in [0.29, 0.717) is 24.4 Å². The van der Waals surface area contributed by atoms with Crippen LogP contribution in [0.4, 0.5) is 0 Å². The molecule has 4 fully saturated rings. The molecule has 3 unspecified atom stereocenters. The van der Waals surface area contributed by atoms with Crippen LogP contribution >= 0.6 is 11.8 Å². The molecule has 2 bridgehead atoms. The average molecular weight is 467 g/mol. The summed E-state index contributed by atoms with van der Waals surface area (Å²) in [5.41, 5.74) is -0.405. The number of esters is 1. The van der Waals surface area contributed by atoms with E-state index in [-0.39, 0.29) is 34.7 Å². The predicted octanol–water partition coefficient (Wildman–Crippen LogP) is 2.83. The minimum atomic E-state index is -0.464. The van der Waals surface area contributed by atoms with E-state index in [4.69, 9.17) is 4.74 Å². The number of aliphatic hydroxyl groups is 1. The summed E-state index contributed by atoms with van der Waals surface area (Å²) in [6, 6.07) is 0. The van der Waals surface area contributed by atoms with Gasteiger partial charge in [-0.3, -0.25) is 14.5 Å². The summed E-state index contributed by atoms with van der Waals surface area (Å²) < 4.78 is 6.11. The Labute approximate surface area is 197 Å². The Morgan fingerprint density at radius 1 is 1.19 bits per heavy atom. The molecule has 3 aliphatic carbocycles. The molecule has 1 saturated heterocycles. The Balaban J connectivity index is 1.35. The summed E-state index contributed by atoms with van der Waals surface area (Å²) in [7, 11) is 2.16. The number of piperazine rings is 1. The molecule has 0 spiro atoms. The number of carbonyl (C=O) groups is 2. The molecule has 1 N–H and O–H groups in total. The number of aliphatic hydroxyl groups excluding tert-OH is 1. The highest BCUT2D eigenvalue weighted by Crippen LogP contribution is 2.59. The Kier molecular flexibility index (Phi) is 7.60. The van der Waals surface area contributed by atoms with Crippen LogP contribution in [0.15, 0.2) is 0 Å². The number of thioether (sulfide) groups is 1. The second kappa shape index (κ2) is 9.93. The molecule has 182 valence electrons. The lowest BCUT2D eigenvalue weighted by Crippen LogP contribution is -2.52. The largest absolute Gasteiger partial charge is 0.461 e. The maximum atomic E-state index is 12.9. The van der Waals surface area contributed by atoms with Gasteiger partial charge in [0.25, 0.3) is 0 Å². The lowest BCUT2D eigenvalue weighted by molar-refractivity contribution is -0.166. The van der Waals surface area contributed by atoms with Gasteiger partial charge >= 0.3 is 5.97 Å². The van der Waals surface area contributed by atoms with Crippen molar-refractivity contribution >= 4 is 23.5 Å². The van der Waals surface area contributed by atoms with Gasteiger partial charge in [0.1, 0.15) is 11.9 Å². The van der Waals surface area contributed by atoms with Crippen molar-refractivity contribution in [3.8, 4) is 0 Å². The van der Waals surface area contributed by atoms with Crippen molar-refractivity contribution in [3.05, 3.63) is 0 Å². The molecule has 32 heavy (non-hydrogen) atoms. The van der Waals surface area contributed by atoms with Crippen LogP contribution in [0, 0.1) is 22.7 Å². The first-order valence-electron chi connectivity index (χ1n) is 12.6. The number of hydrogen-bond acceptors (Lipinski definition) is 7. The van der Waals surface area contributed by atoms with E-state index in [1.807, 2.05) is 0 Å². The zero-order valence-corrected chi connectivity index (χ0v) is 21.0. The van der Waals surface area contributed by atoms with Gasteiger partial charge in [-0.1, -0.05) is 20.3 Å². The fraction of sp³-hybridized carbons (Fsp3) is 0.920. The molecular formula is C25H42N2O4S. The summed E-state index contributed by atoms with van der Waals surface area (Å²) in [5, 5.41) is 11.1. The van der Waals surface area contributed by atoms with Crippen molar-refractivity contribution < 1.29 is 19.4 Å². The normalized spacial score (nSPS) is 38.1. The smallest absolute Gasteiger partial charge is 0.316 e. The van der Waals surface area contributed by atoms with Crippen LogP contribution in [0.2, 0.25) is 0 Å². The van der Waals surface area contributed by atoms with Crippen LogP contribution < -0.4 is 0 Å². The van der Waals surface area contributed by atoms with Crippen molar-refractivity contribution in [2.45, 2.75) is 71.0 Å². The Hall–Kier alpha value is -0.630. The zero-order chi connectivity index (χ0) is 22.9. The van der Waals surface area contributed by atoms with Gasteiger partial charge in [0.15, 0.2) is 0 Å². The maximum Gasteiger partial charge on any atom is 0.316 e. The van der Waals surface area contributed by atoms with E-state index in [2.05, 4.69) is 30.7 Å². The van der Waals surface area contributed by atoms with Gasteiger partial charge < -0.3 is 14.7 Å². The third-order valence-electron chi connectivity index (χ3n) is 8.87. The number of ether oxygens (including phenoxy) is 1. The summed E-state index contributed by atoms with van der Waals surface area (Å²) in [5.74, 6) is 1.55. The molecular weight excluding hydrogens is 424 g/mol. The minimum Gasteiger partial charge on any atom is -0.461 e. The average Bonchev–Trinajstić information content (AvgIpc) is 3.07. The molecule has 0 aromatic heterocycles. The van der Waals surface area contributed by atoms with Gasteiger partial charge in [-0.2, -0.15) is 0 Å². The fourth-order valence-corrected chi connectivity index (χ4v) is 7.57. The highest BCUT2D eigenvalue weighted by molar-refractivity contribution is 7.99. The lowest BCUT2D eigenvalue weighted by Gasteiger charge is -2.52. The first-order valence-corrected chi connectivity index (χ1v) is 13.7. The molecule has 0 aromatic rings. The molecule has 3 saturated carbocycles. The Morgan fingerprint density at radius 2 is 1.94 bits per heavy atom. The standard InChI is InChI=1S/C25H42N2O4S/c1-24(2)15-20(31-22(30)17-32-14-13-27-11-9-26(3)10-12-27)18-5-4-7-25(16-21(24)29)8-6-19(28)23(18)25/h18,20-21,23,29H,4-17H2,1-3H3/t18?,20-,21+,23?,25?/m1/s1. The molecule has 5 atom stereocenters. The molecule has 7 heteroatoms. The maximum absolute atomic E-state index is 12.9. The first kappa shape index (κ1) is 24.5. The van der Waals surface area contributed by atoms with Crippen molar-refractivity contribution in [3.63, 3.8) is 0 Å². The highest BCUT2D eigenvalue weighted by atomic mass is 32.2. The van der Waals surface area contributed by atoms with Crippen molar-refractivity contribution in [1.82, 2.24) is 9.80 Å². The number of rotatable bonds is 6. The lowest BCUT2D eigenvalue weighted by atomic mass is 9.55. The number of likely N-dealkylation sites (N-methyl/N-ethyl adjacent to an activating group) is 1. The number of Topliss-reactive ketones (excluding diaryl/α,β-unsaturated/α-hetero) is 1. The molecule has 6 nitrogen and oxygen atoms in total. The molecule has 4 aliphatic rings. The molecule has 1 heterocycles. The quantitative estimate of drug-likeness (QED) is 0.477. The minimum absolute atomic E-state index is 0.0373. The van der Waals surface area contributed by atoms with E-state index < -0.39 is 6.10 Å². The van der Waals surface area contributed by atoms with Crippen LogP contribution in [-0.4, -0.2) is 90.1 Å². The zero-order valence-electron chi connectivity index (χ0n) is 20.2. The number of hydrogen-bond donors (Lipinski definition) is 1. The van der Waals surface area contributed by atoms with Gasteiger partial charge in [0.2, 0.25) is 0 Å². The van der Waals surface area contributed by atoms with Gasteiger partial charge in [-0.05, 0) is 50.0 Å². The van der Waals surface area contributed by atoms with Crippen LogP contribution in [-0.2, 0) is 14.3 Å². The van der Waals surface area contributed by atoms with Crippen LogP contribution in [0.5, 0.6) is 0 Å². The number of nitrogens with zero attached hydrogens (tertiary/aromatic N) is 2. The molecule has 0 amide bonds. The monoisotopic (exact) mass is 466 g/mol. The number of carbonyl (C=O) groups excluding carboxylic acids is 2. The van der Waals surface area contributed by atoms with Crippen molar-refractivity contribution in [1.29, 1.82) is 0 Å². The van der Waals surface area contributed by atoms with E-state index in [1.54, 1.807) is 11.8 Å². The second-order valence-corrected chi connectivity index (χ2v) is 12.6. The van der Waals surface area contributed by atoms with E-state index in [1.165, 1.54) is 0 Å².